The molecule has 1 aromatic rings. The number of aromatic nitrogens is 2. The summed E-state index contributed by atoms with van der Waals surface area (Å²) in [7, 11) is -1.68. The summed E-state index contributed by atoms with van der Waals surface area (Å²) < 4.78 is 28.4. The first kappa shape index (κ1) is 12.6. The number of aryl methyl sites for hydroxylation is 1. The average molecular weight is 257 g/mol. The Morgan fingerprint density at radius 2 is 1.94 bits per heavy atom. The average Bonchev–Trinajstić information content (AvgIpc) is 2.55. The van der Waals surface area contributed by atoms with Gasteiger partial charge in [-0.2, -0.15) is 5.10 Å². The van der Waals surface area contributed by atoms with E-state index in [0.29, 0.717) is 0 Å². The molecule has 0 spiro atoms. The summed E-state index contributed by atoms with van der Waals surface area (Å²) >= 11 is 0. The summed E-state index contributed by atoms with van der Waals surface area (Å²) in [6.07, 6.45) is 9.45. The highest BCUT2D eigenvalue weighted by Crippen LogP contribution is 2.19. The number of hydrogen-bond donors (Lipinski definition) is 1. The molecular weight excluding hydrogens is 238 g/mol. The summed E-state index contributed by atoms with van der Waals surface area (Å²) in [5.74, 6) is 0. The van der Waals surface area contributed by atoms with Crippen molar-refractivity contribution in [3.63, 3.8) is 0 Å². The molecule has 0 bridgehead atoms. The van der Waals surface area contributed by atoms with E-state index in [4.69, 9.17) is 0 Å². The van der Waals surface area contributed by atoms with Crippen LogP contribution in [-0.4, -0.2) is 24.2 Å². The van der Waals surface area contributed by atoms with Gasteiger partial charge in [-0.3, -0.25) is 4.68 Å². The van der Waals surface area contributed by atoms with Crippen LogP contribution >= 0.6 is 0 Å². The maximum atomic E-state index is 12.1. The van der Waals surface area contributed by atoms with Crippen LogP contribution in [0.1, 0.15) is 38.5 Å². The van der Waals surface area contributed by atoms with Crippen molar-refractivity contribution in [3.8, 4) is 0 Å². The zero-order valence-corrected chi connectivity index (χ0v) is 10.9. The molecule has 1 N–H and O–H groups in total. The summed E-state index contributed by atoms with van der Waals surface area (Å²) in [6.45, 7) is 0. The third-order valence-electron chi connectivity index (χ3n) is 3.17. The molecule has 96 valence electrons. The number of rotatable bonds is 3. The topological polar surface area (TPSA) is 64.0 Å². The van der Waals surface area contributed by atoms with E-state index in [2.05, 4.69) is 9.82 Å². The Morgan fingerprint density at radius 1 is 1.29 bits per heavy atom. The molecule has 1 fully saturated rings. The van der Waals surface area contributed by atoms with Gasteiger partial charge in [0.25, 0.3) is 0 Å². The Morgan fingerprint density at radius 3 is 2.47 bits per heavy atom. The molecule has 0 saturated heterocycles. The molecule has 0 radical (unpaired) electrons. The third kappa shape index (κ3) is 3.29. The Bertz CT molecular complexity index is 459. The van der Waals surface area contributed by atoms with Crippen LogP contribution in [-0.2, 0) is 17.1 Å². The first-order valence-electron chi connectivity index (χ1n) is 6.09. The zero-order chi connectivity index (χ0) is 12.3. The molecule has 0 unspecified atom stereocenters. The lowest BCUT2D eigenvalue weighted by Gasteiger charge is -2.15. The summed E-state index contributed by atoms with van der Waals surface area (Å²) in [6, 6.07) is 0.0858. The summed E-state index contributed by atoms with van der Waals surface area (Å²) in [5, 5.41) is 3.89. The van der Waals surface area contributed by atoms with Crippen molar-refractivity contribution in [3.05, 3.63) is 12.4 Å². The highest BCUT2D eigenvalue weighted by atomic mass is 32.2. The lowest BCUT2D eigenvalue weighted by Crippen LogP contribution is -2.34. The van der Waals surface area contributed by atoms with E-state index in [-0.39, 0.29) is 10.9 Å². The van der Waals surface area contributed by atoms with Crippen molar-refractivity contribution in [1.29, 1.82) is 0 Å². The van der Waals surface area contributed by atoms with E-state index in [1.807, 2.05) is 0 Å². The monoisotopic (exact) mass is 257 g/mol. The van der Waals surface area contributed by atoms with Gasteiger partial charge < -0.3 is 0 Å². The van der Waals surface area contributed by atoms with Crippen molar-refractivity contribution in [2.75, 3.05) is 0 Å². The fraction of sp³-hybridized carbons (Fsp3) is 0.727. The molecule has 1 aromatic heterocycles. The molecule has 1 heterocycles. The maximum absolute atomic E-state index is 12.1. The second kappa shape index (κ2) is 5.18. The fourth-order valence-corrected chi connectivity index (χ4v) is 3.51. The molecule has 6 heteroatoms. The van der Waals surface area contributed by atoms with E-state index < -0.39 is 10.0 Å². The van der Waals surface area contributed by atoms with E-state index in [0.717, 1.165) is 25.7 Å². The normalized spacial score (nSPS) is 19.1. The number of hydrogen-bond acceptors (Lipinski definition) is 3. The molecular formula is C11H19N3O2S. The summed E-state index contributed by atoms with van der Waals surface area (Å²) in [4.78, 5) is 0.254. The SMILES string of the molecule is Cn1cc(S(=O)(=O)NC2CCCCCC2)cn1. The van der Waals surface area contributed by atoms with Crippen LogP contribution in [0.25, 0.3) is 0 Å². The van der Waals surface area contributed by atoms with Crippen LogP contribution < -0.4 is 4.72 Å². The second-order valence-corrected chi connectivity index (χ2v) is 6.37. The van der Waals surface area contributed by atoms with Gasteiger partial charge in [-0.05, 0) is 12.8 Å². The van der Waals surface area contributed by atoms with Gasteiger partial charge in [-0.15, -0.1) is 0 Å². The van der Waals surface area contributed by atoms with Gasteiger partial charge in [0.1, 0.15) is 4.90 Å². The van der Waals surface area contributed by atoms with Crippen molar-refractivity contribution in [2.45, 2.75) is 49.5 Å². The Labute approximate surface area is 102 Å². The lowest BCUT2D eigenvalue weighted by atomic mass is 10.1. The number of nitrogens with one attached hydrogen (secondary N) is 1. The van der Waals surface area contributed by atoms with Crippen LogP contribution in [0.4, 0.5) is 0 Å². The van der Waals surface area contributed by atoms with Crippen molar-refractivity contribution < 1.29 is 8.42 Å². The quantitative estimate of drug-likeness (QED) is 0.833. The van der Waals surface area contributed by atoms with Crippen LogP contribution in [0.5, 0.6) is 0 Å². The van der Waals surface area contributed by atoms with Crippen molar-refractivity contribution in [2.24, 2.45) is 7.05 Å². The molecule has 0 amide bonds. The minimum absolute atomic E-state index is 0.0858. The minimum atomic E-state index is -3.39. The Hall–Kier alpha value is -0.880. The van der Waals surface area contributed by atoms with E-state index in [1.165, 1.54) is 29.9 Å². The van der Waals surface area contributed by atoms with Gasteiger partial charge in [0.2, 0.25) is 10.0 Å². The molecule has 2 rings (SSSR count). The number of nitrogens with zero attached hydrogens (tertiary/aromatic N) is 2. The van der Waals surface area contributed by atoms with Gasteiger partial charge in [-0.1, -0.05) is 25.7 Å². The minimum Gasteiger partial charge on any atom is -0.274 e. The molecule has 1 aliphatic rings. The molecule has 5 nitrogen and oxygen atoms in total. The van der Waals surface area contributed by atoms with E-state index in [9.17, 15) is 8.42 Å². The van der Waals surface area contributed by atoms with Crippen LogP contribution in [0, 0.1) is 0 Å². The van der Waals surface area contributed by atoms with E-state index >= 15 is 0 Å². The molecule has 1 aliphatic carbocycles. The van der Waals surface area contributed by atoms with Gasteiger partial charge in [0.05, 0.1) is 6.20 Å². The first-order valence-corrected chi connectivity index (χ1v) is 7.57. The largest absolute Gasteiger partial charge is 0.274 e. The maximum Gasteiger partial charge on any atom is 0.243 e. The van der Waals surface area contributed by atoms with Gasteiger partial charge in [-0.25, -0.2) is 13.1 Å². The highest BCUT2D eigenvalue weighted by Gasteiger charge is 2.22. The predicted molar refractivity (Wildman–Crippen MR) is 65.0 cm³/mol. The smallest absolute Gasteiger partial charge is 0.243 e. The van der Waals surface area contributed by atoms with E-state index in [1.54, 1.807) is 7.05 Å². The van der Waals surface area contributed by atoms with Crippen LogP contribution in [0.2, 0.25) is 0 Å². The third-order valence-corrected chi connectivity index (χ3v) is 4.64. The summed E-state index contributed by atoms with van der Waals surface area (Å²) in [5.41, 5.74) is 0. The first-order chi connectivity index (χ1) is 8.08. The molecule has 17 heavy (non-hydrogen) atoms. The number of sulfonamides is 1. The van der Waals surface area contributed by atoms with Crippen molar-refractivity contribution >= 4 is 10.0 Å². The standard InChI is InChI=1S/C11H19N3O2S/c1-14-9-11(8-12-14)17(15,16)13-10-6-4-2-3-5-7-10/h8-10,13H,2-7H2,1H3. The van der Waals surface area contributed by atoms with Crippen LogP contribution in [0.3, 0.4) is 0 Å². The lowest BCUT2D eigenvalue weighted by molar-refractivity contribution is 0.510. The van der Waals surface area contributed by atoms with Crippen molar-refractivity contribution in [1.82, 2.24) is 14.5 Å². The van der Waals surface area contributed by atoms with Gasteiger partial charge in [0, 0.05) is 19.3 Å². The van der Waals surface area contributed by atoms with Crippen LogP contribution in [0.15, 0.2) is 17.3 Å². The molecule has 0 aliphatic heterocycles. The second-order valence-electron chi connectivity index (χ2n) is 4.66. The Kier molecular flexibility index (Phi) is 3.83. The molecule has 0 atom stereocenters. The predicted octanol–water partition coefficient (Wildman–Crippen LogP) is 1.42. The molecule has 1 saturated carbocycles. The highest BCUT2D eigenvalue weighted by molar-refractivity contribution is 7.89. The van der Waals surface area contributed by atoms with Gasteiger partial charge >= 0.3 is 0 Å². The van der Waals surface area contributed by atoms with Gasteiger partial charge in [0.15, 0.2) is 0 Å². The Balaban J connectivity index is 2.06. The fourth-order valence-electron chi connectivity index (χ4n) is 2.22. The zero-order valence-electron chi connectivity index (χ0n) is 10.1. The molecule has 0 aromatic carbocycles.